The number of benzene rings is 1. The topological polar surface area (TPSA) is 53.3 Å². The molecule has 0 atom stereocenters. The van der Waals surface area contributed by atoms with Gasteiger partial charge in [0.25, 0.3) is 0 Å². The van der Waals surface area contributed by atoms with Crippen LogP contribution in [-0.4, -0.2) is 30.0 Å². The molecule has 4 nitrogen and oxygen atoms in total. The van der Waals surface area contributed by atoms with Gasteiger partial charge >= 0.3 is 0 Å². The molecule has 0 unspecified atom stereocenters. The van der Waals surface area contributed by atoms with E-state index in [0.717, 1.165) is 5.75 Å². The second-order valence-corrected chi connectivity index (χ2v) is 4.50. The van der Waals surface area contributed by atoms with E-state index < -0.39 is 0 Å². The second-order valence-electron chi connectivity index (χ2n) is 4.50. The zero-order chi connectivity index (χ0) is 14.1. The van der Waals surface area contributed by atoms with Gasteiger partial charge in [0.15, 0.2) is 0 Å². The average Bonchev–Trinajstić information content (AvgIpc) is 2.40. The molecule has 0 fully saturated rings. The predicted molar refractivity (Wildman–Crippen MR) is 73.6 cm³/mol. The fraction of sp³-hybridized carbons (Fsp3) is 0.467. The number of amides is 1. The highest BCUT2D eigenvalue weighted by molar-refractivity contribution is 5.76. The van der Waals surface area contributed by atoms with Gasteiger partial charge in [0.05, 0.1) is 25.5 Å². The Balaban J connectivity index is 2.38. The van der Waals surface area contributed by atoms with Gasteiger partial charge in [-0.05, 0) is 26.0 Å². The van der Waals surface area contributed by atoms with Gasteiger partial charge < -0.3 is 9.64 Å². The van der Waals surface area contributed by atoms with E-state index in [1.54, 1.807) is 4.90 Å². The minimum Gasteiger partial charge on any atom is -0.493 e. The van der Waals surface area contributed by atoms with E-state index >= 15 is 0 Å². The van der Waals surface area contributed by atoms with Crippen LogP contribution in [0.25, 0.3) is 0 Å². The summed E-state index contributed by atoms with van der Waals surface area (Å²) in [7, 11) is 0. The van der Waals surface area contributed by atoms with Crippen LogP contribution < -0.4 is 4.74 Å². The lowest BCUT2D eigenvalue weighted by atomic mass is 10.2. The summed E-state index contributed by atoms with van der Waals surface area (Å²) in [5.74, 6) is 0.796. The molecule has 0 radical (unpaired) electrons. The molecule has 0 bridgehead atoms. The number of rotatable bonds is 7. The first-order valence-corrected chi connectivity index (χ1v) is 6.49. The number of carbonyl (C=O) groups excluding carboxylic acids is 1. The minimum atomic E-state index is 0.0289. The molecule has 0 heterocycles. The van der Waals surface area contributed by atoms with Gasteiger partial charge in [0.1, 0.15) is 5.75 Å². The Hall–Kier alpha value is -2.02. The summed E-state index contributed by atoms with van der Waals surface area (Å²) in [6.45, 7) is 4.75. The molecule has 0 aliphatic rings. The molecular formula is C15H20N2O2. The Morgan fingerprint density at radius 2 is 2.05 bits per heavy atom. The van der Waals surface area contributed by atoms with Crippen LogP contribution in [0.3, 0.4) is 0 Å². The van der Waals surface area contributed by atoms with E-state index in [2.05, 4.69) is 6.07 Å². The van der Waals surface area contributed by atoms with Crippen molar-refractivity contribution in [1.82, 2.24) is 4.90 Å². The summed E-state index contributed by atoms with van der Waals surface area (Å²) in [6, 6.07) is 11.6. The molecule has 0 aliphatic heterocycles. The maximum atomic E-state index is 12.0. The van der Waals surface area contributed by atoms with E-state index in [1.165, 1.54) is 0 Å². The molecule has 19 heavy (non-hydrogen) atoms. The maximum Gasteiger partial charge on any atom is 0.226 e. The number of para-hydroxylation sites is 1. The van der Waals surface area contributed by atoms with E-state index in [4.69, 9.17) is 10.00 Å². The van der Waals surface area contributed by atoms with Crippen molar-refractivity contribution in [3.63, 3.8) is 0 Å². The first-order valence-electron chi connectivity index (χ1n) is 6.49. The Bertz CT molecular complexity index is 424. The lowest BCUT2D eigenvalue weighted by Gasteiger charge is -2.25. The molecule has 0 saturated heterocycles. The average molecular weight is 260 g/mol. The van der Waals surface area contributed by atoms with Gasteiger partial charge in [-0.25, -0.2) is 0 Å². The monoisotopic (exact) mass is 260 g/mol. The second kappa shape index (κ2) is 8.15. The number of nitrogens with zero attached hydrogens (tertiary/aromatic N) is 2. The summed E-state index contributed by atoms with van der Waals surface area (Å²) >= 11 is 0. The lowest BCUT2D eigenvalue weighted by Crippen LogP contribution is -2.38. The Morgan fingerprint density at radius 1 is 1.37 bits per heavy atom. The Labute approximate surface area is 114 Å². The standard InChI is InChI=1S/C15H20N2O2/c1-13(2)17(11-6-10-16)15(18)9-12-19-14-7-4-3-5-8-14/h3-5,7-8,13H,6,9,11-12H2,1-2H3. The molecule has 1 amide bonds. The van der Waals surface area contributed by atoms with E-state index in [0.29, 0.717) is 26.0 Å². The Morgan fingerprint density at radius 3 is 2.63 bits per heavy atom. The van der Waals surface area contributed by atoms with Crippen LogP contribution in [0.4, 0.5) is 0 Å². The molecule has 102 valence electrons. The van der Waals surface area contributed by atoms with Crippen molar-refractivity contribution in [3.8, 4) is 11.8 Å². The minimum absolute atomic E-state index is 0.0289. The van der Waals surface area contributed by atoms with Crippen molar-refractivity contribution in [1.29, 1.82) is 5.26 Å². The molecule has 4 heteroatoms. The van der Waals surface area contributed by atoms with Crippen LogP contribution in [0.2, 0.25) is 0 Å². The SMILES string of the molecule is CC(C)N(CCC#N)C(=O)CCOc1ccccc1. The molecule has 1 aromatic carbocycles. The molecule has 1 rings (SSSR count). The summed E-state index contributed by atoms with van der Waals surface area (Å²) in [6.07, 6.45) is 0.696. The van der Waals surface area contributed by atoms with Crippen molar-refractivity contribution < 1.29 is 9.53 Å². The first-order chi connectivity index (χ1) is 9.15. The normalized spacial score (nSPS) is 10.0. The summed E-state index contributed by atoms with van der Waals surface area (Å²) in [5, 5.41) is 8.59. The third kappa shape index (κ3) is 5.43. The number of carbonyl (C=O) groups is 1. The van der Waals surface area contributed by atoms with E-state index in [1.807, 2.05) is 44.2 Å². The van der Waals surface area contributed by atoms with E-state index in [-0.39, 0.29) is 11.9 Å². The van der Waals surface area contributed by atoms with Crippen LogP contribution in [0.15, 0.2) is 30.3 Å². The van der Waals surface area contributed by atoms with Gasteiger partial charge in [0, 0.05) is 12.6 Å². The number of nitriles is 1. The van der Waals surface area contributed by atoms with Gasteiger partial charge in [-0.2, -0.15) is 5.26 Å². The Kier molecular flexibility index (Phi) is 6.45. The summed E-state index contributed by atoms with van der Waals surface area (Å²) < 4.78 is 5.50. The molecular weight excluding hydrogens is 240 g/mol. The summed E-state index contributed by atoms with van der Waals surface area (Å²) in [4.78, 5) is 13.7. The van der Waals surface area contributed by atoms with Crippen LogP contribution >= 0.6 is 0 Å². The molecule has 0 N–H and O–H groups in total. The van der Waals surface area contributed by atoms with Crippen LogP contribution in [0.5, 0.6) is 5.75 Å². The van der Waals surface area contributed by atoms with Crippen LogP contribution in [-0.2, 0) is 4.79 Å². The maximum absolute atomic E-state index is 12.0. The lowest BCUT2D eigenvalue weighted by molar-refractivity contribution is -0.133. The zero-order valence-electron chi connectivity index (χ0n) is 11.5. The van der Waals surface area contributed by atoms with Crippen LogP contribution in [0.1, 0.15) is 26.7 Å². The first kappa shape index (κ1) is 15.0. The van der Waals surface area contributed by atoms with Crippen molar-refractivity contribution in [2.45, 2.75) is 32.7 Å². The highest BCUT2D eigenvalue weighted by Crippen LogP contribution is 2.09. The predicted octanol–water partition coefficient (Wildman–Crippen LogP) is 2.61. The van der Waals surface area contributed by atoms with E-state index in [9.17, 15) is 4.79 Å². The highest BCUT2D eigenvalue weighted by Gasteiger charge is 2.16. The number of hydrogen-bond acceptors (Lipinski definition) is 3. The third-order valence-corrected chi connectivity index (χ3v) is 2.74. The number of hydrogen-bond donors (Lipinski definition) is 0. The molecule has 0 spiro atoms. The van der Waals surface area contributed by atoms with Gasteiger partial charge in [-0.1, -0.05) is 18.2 Å². The molecule has 0 aromatic heterocycles. The molecule has 0 aliphatic carbocycles. The van der Waals surface area contributed by atoms with Crippen molar-refractivity contribution >= 4 is 5.91 Å². The fourth-order valence-electron chi connectivity index (χ4n) is 1.76. The molecule has 1 aromatic rings. The quantitative estimate of drug-likeness (QED) is 0.757. The smallest absolute Gasteiger partial charge is 0.226 e. The van der Waals surface area contributed by atoms with Gasteiger partial charge in [-0.15, -0.1) is 0 Å². The number of ether oxygens (including phenoxy) is 1. The molecule has 0 saturated carbocycles. The summed E-state index contributed by atoms with van der Waals surface area (Å²) in [5.41, 5.74) is 0. The van der Waals surface area contributed by atoms with Crippen molar-refractivity contribution in [3.05, 3.63) is 30.3 Å². The highest BCUT2D eigenvalue weighted by atomic mass is 16.5. The van der Waals surface area contributed by atoms with Gasteiger partial charge in [-0.3, -0.25) is 4.79 Å². The zero-order valence-corrected chi connectivity index (χ0v) is 11.5. The fourth-order valence-corrected chi connectivity index (χ4v) is 1.76. The third-order valence-electron chi connectivity index (χ3n) is 2.74. The van der Waals surface area contributed by atoms with Crippen LogP contribution in [0, 0.1) is 11.3 Å². The van der Waals surface area contributed by atoms with Crippen molar-refractivity contribution in [2.24, 2.45) is 0 Å². The largest absolute Gasteiger partial charge is 0.493 e. The van der Waals surface area contributed by atoms with Gasteiger partial charge in [0.2, 0.25) is 5.91 Å². The van der Waals surface area contributed by atoms with Crippen molar-refractivity contribution in [2.75, 3.05) is 13.2 Å².